The van der Waals surface area contributed by atoms with Crippen LogP contribution in [0.4, 0.5) is 0 Å². The van der Waals surface area contributed by atoms with Crippen molar-refractivity contribution >= 4 is 5.78 Å². The normalized spacial score (nSPS) is 61.8. The van der Waals surface area contributed by atoms with Crippen LogP contribution in [0.5, 0.6) is 0 Å². The van der Waals surface area contributed by atoms with Crippen molar-refractivity contribution in [3.05, 3.63) is 5.21 Å². The Labute approximate surface area is 193 Å². The minimum Gasteiger partial charge on any atom is -0.633 e. The summed E-state index contributed by atoms with van der Waals surface area (Å²) in [6, 6.07) is -0.163. The molecule has 5 heteroatoms. The summed E-state index contributed by atoms with van der Waals surface area (Å²) in [6.45, 7) is 7.87. The number of ketones is 1. The number of Topliss-reactive ketones (excluding diaryl/α,β-unsaturated/α-hetero) is 1. The van der Waals surface area contributed by atoms with E-state index in [1.54, 1.807) is 0 Å². The van der Waals surface area contributed by atoms with Gasteiger partial charge in [-0.1, -0.05) is 13.8 Å². The number of quaternary nitrogens is 1. The van der Waals surface area contributed by atoms with Crippen molar-refractivity contribution < 1.29 is 19.7 Å². The second-order valence-corrected chi connectivity index (χ2v) is 13.6. The third kappa shape index (κ3) is 2.86. The van der Waals surface area contributed by atoms with Crippen molar-refractivity contribution in [1.29, 1.82) is 0 Å². The summed E-state index contributed by atoms with van der Waals surface area (Å²) in [4.78, 5) is 13.3. The van der Waals surface area contributed by atoms with Crippen molar-refractivity contribution in [1.82, 2.24) is 0 Å². The molecule has 0 radical (unpaired) electrons. The Balaban J connectivity index is 1.33. The molecule has 0 amide bonds. The van der Waals surface area contributed by atoms with E-state index >= 15 is 0 Å². The summed E-state index contributed by atoms with van der Waals surface area (Å²) >= 11 is 0. The summed E-state index contributed by atoms with van der Waals surface area (Å²) in [5, 5.41) is 36.3. The quantitative estimate of drug-likeness (QED) is 0.438. The number of nitrogens with zero attached hydrogens (tertiary/aromatic N) is 1. The van der Waals surface area contributed by atoms with E-state index in [-0.39, 0.29) is 34.0 Å². The van der Waals surface area contributed by atoms with Crippen LogP contribution in [0.1, 0.15) is 78.6 Å². The molecule has 5 nitrogen and oxygen atoms in total. The molecule has 2 N–H and O–H groups in total. The van der Waals surface area contributed by atoms with Crippen LogP contribution >= 0.6 is 0 Å². The van der Waals surface area contributed by atoms with Crippen LogP contribution in [0.15, 0.2) is 0 Å². The number of rotatable bonds is 0. The van der Waals surface area contributed by atoms with E-state index in [1.807, 2.05) is 6.92 Å². The molecule has 6 rings (SSSR count). The topological polar surface area (TPSA) is 80.6 Å². The first kappa shape index (κ1) is 22.0. The van der Waals surface area contributed by atoms with Gasteiger partial charge >= 0.3 is 0 Å². The zero-order chi connectivity index (χ0) is 22.6. The van der Waals surface area contributed by atoms with E-state index in [4.69, 9.17) is 0 Å². The first-order valence-electron chi connectivity index (χ1n) is 13.6. The van der Waals surface area contributed by atoms with Gasteiger partial charge in [0.2, 0.25) is 0 Å². The smallest absolute Gasteiger partial charge is 0.136 e. The predicted octanol–water partition coefficient (Wildman–Crippen LogP) is 3.90. The maximum atomic E-state index is 14.2. The minimum atomic E-state index is -0.874. The highest BCUT2D eigenvalue weighted by Gasteiger charge is 2.66. The lowest BCUT2D eigenvalue weighted by molar-refractivity contribution is -0.933. The third-order valence-corrected chi connectivity index (χ3v) is 12.1. The highest BCUT2D eigenvalue weighted by atomic mass is 16.6. The molecule has 6 aliphatic rings. The number of carbonyl (C=O) groups excluding carboxylic acids is 1. The Bertz CT molecular complexity index is 794. The molecule has 0 bridgehead atoms. The summed E-state index contributed by atoms with van der Waals surface area (Å²) in [6.07, 6.45) is 7.96. The van der Waals surface area contributed by atoms with E-state index in [9.17, 15) is 20.2 Å². The van der Waals surface area contributed by atoms with Crippen LogP contribution in [-0.2, 0) is 4.79 Å². The van der Waals surface area contributed by atoms with E-state index in [1.165, 1.54) is 0 Å². The van der Waals surface area contributed by atoms with E-state index < -0.39 is 5.60 Å². The van der Waals surface area contributed by atoms with Gasteiger partial charge in [0.15, 0.2) is 0 Å². The molecule has 0 spiro atoms. The molecule has 6 fully saturated rings. The number of aliphatic hydroxyl groups excluding tert-OH is 1. The van der Waals surface area contributed by atoms with Gasteiger partial charge in [-0.05, 0) is 81.0 Å². The van der Waals surface area contributed by atoms with Crippen LogP contribution in [0.25, 0.3) is 0 Å². The number of piperidine rings is 2. The SMILES string of the molecule is C[C@H]1CC[C@H]2[C@@](C)(O)[C@H]3CC[C@@H]4[C@@H](C[C@H]5[C@H]4CC(=O)[C@H]4C[C@H](O)CC[C@@]45C)[C@@H]3C[N@@+]2([O-])C1. The third-order valence-electron chi connectivity index (χ3n) is 12.1. The Morgan fingerprint density at radius 2 is 1.72 bits per heavy atom. The zero-order valence-corrected chi connectivity index (χ0v) is 20.2. The number of aliphatic hydroxyl groups is 2. The molecular formula is C27H43NO4. The monoisotopic (exact) mass is 445 g/mol. The zero-order valence-electron chi connectivity index (χ0n) is 20.2. The standard InChI is InChI=1S/C27H43NO4/c1-15-4-7-25-27(3,31)21-6-5-17-18(20(21)14-28(25,32)13-15)11-22-19(17)12-24(30)23-10-16(29)8-9-26(22,23)2/h15-23,25,29,31H,4-14H2,1-3H3/t15-,16+,17+,18+,19-,20-,21-,22-,23+,25-,26+,27-,28-/m0/s1. The average molecular weight is 446 g/mol. The van der Waals surface area contributed by atoms with Crippen molar-refractivity contribution in [2.24, 2.45) is 52.8 Å². The lowest BCUT2D eigenvalue weighted by Crippen LogP contribution is -2.73. The highest BCUT2D eigenvalue weighted by molar-refractivity contribution is 5.83. The second-order valence-electron chi connectivity index (χ2n) is 13.6. The van der Waals surface area contributed by atoms with Gasteiger partial charge in [0.1, 0.15) is 17.4 Å². The van der Waals surface area contributed by atoms with Crippen LogP contribution in [-0.4, -0.2) is 51.5 Å². The van der Waals surface area contributed by atoms with Crippen LogP contribution in [0.3, 0.4) is 0 Å². The number of fused-ring (bicyclic) bond motifs is 8. The van der Waals surface area contributed by atoms with Gasteiger partial charge in [-0.3, -0.25) is 4.79 Å². The Morgan fingerprint density at radius 3 is 2.50 bits per heavy atom. The fourth-order valence-corrected chi connectivity index (χ4v) is 10.7. The molecule has 4 aliphatic carbocycles. The van der Waals surface area contributed by atoms with Gasteiger partial charge in [0, 0.05) is 36.5 Å². The van der Waals surface area contributed by atoms with Crippen LogP contribution in [0, 0.1) is 58.0 Å². The first-order chi connectivity index (χ1) is 15.0. The number of hydroxylamine groups is 3. The van der Waals surface area contributed by atoms with Gasteiger partial charge in [0.05, 0.1) is 19.2 Å². The van der Waals surface area contributed by atoms with Gasteiger partial charge < -0.3 is 20.1 Å². The van der Waals surface area contributed by atoms with Crippen molar-refractivity contribution in [3.63, 3.8) is 0 Å². The van der Waals surface area contributed by atoms with Gasteiger partial charge in [0.25, 0.3) is 0 Å². The molecule has 2 aliphatic heterocycles. The van der Waals surface area contributed by atoms with Crippen molar-refractivity contribution in [2.45, 2.75) is 96.3 Å². The van der Waals surface area contributed by atoms with E-state index in [0.717, 1.165) is 44.9 Å². The largest absolute Gasteiger partial charge is 0.633 e. The molecular weight excluding hydrogens is 402 g/mol. The first-order valence-corrected chi connectivity index (χ1v) is 13.6. The Hall–Kier alpha value is -0.490. The maximum absolute atomic E-state index is 14.2. The molecule has 0 unspecified atom stereocenters. The summed E-state index contributed by atoms with van der Waals surface area (Å²) in [7, 11) is 0. The van der Waals surface area contributed by atoms with Gasteiger partial charge in [-0.15, -0.1) is 0 Å². The molecule has 2 saturated heterocycles. The minimum absolute atomic E-state index is 0.00908. The molecule has 180 valence electrons. The second kappa shape index (κ2) is 7.02. The number of hydrogen-bond acceptors (Lipinski definition) is 4. The Morgan fingerprint density at radius 1 is 0.938 bits per heavy atom. The molecule has 13 atom stereocenters. The number of hydrogen-bond donors (Lipinski definition) is 2. The van der Waals surface area contributed by atoms with E-state index in [2.05, 4.69) is 13.8 Å². The highest BCUT2D eigenvalue weighted by Crippen LogP contribution is 2.67. The fourth-order valence-electron chi connectivity index (χ4n) is 10.7. The molecule has 0 aromatic rings. The lowest BCUT2D eigenvalue weighted by Gasteiger charge is -2.66. The average Bonchev–Trinajstić information content (AvgIpc) is 3.08. The predicted molar refractivity (Wildman–Crippen MR) is 122 cm³/mol. The maximum Gasteiger partial charge on any atom is 0.136 e. The summed E-state index contributed by atoms with van der Waals surface area (Å²) in [5.74, 6) is 3.37. The lowest BCUT2D eigenvalue weighted by atomic mass is 9.51. The molecule has 0 aromatic carbocycles. The molecule has 2 heterocycles. The number of carbonyl (C=O) groups is 1. The van der Waals surface area contributed by atoms with Crippen molar-refractivity contribution in [2.75, 3.05) is 13.1 Å². The van der Waals surface area contributed by atoms with Crippen LogP contribution < -0.4 is 0 Å². The van der Waals surface area contributed by atoms with Crippen molar-refractivity contribution in [3.8, 4) is 0 Å². The van der Waals surface area contributed by atoms with Gasteiger partial charge in [-0.25, -0.2) is 0 Å². The summed E-state index contributed by atoms with van der Waals surface area (Å²) < 4.78 is -0.182. The summed E-state index contributed by atoms with van der Waals surface area (Å²) in [5.41, 5.74) is -0.865. The fraction of sp³-hybridized carbons (Fsp3) is 0.963. The van der Waals surface area contributed by atoms with Crippen LogP contribution in [0.2, 0.25) is 0 Å². The molecule has 32 heavy (non-hydrogen) atoms. The molecule has 4 saturated carbocycles. The molecule has 0 aromatic heterocycles. The van der Waals surface area contributed by atoms with Gasteiger partial charge in [-0.2, -0.15) is 0 Å². The Kier molecular flexibility index (Phi) is 4.83. The van der Waals surface area contributed by atoms with E-state index in [0.29, 0.717) is 67.2 Å².